The van der Waals surface area contributed by atoms with Crippen molar-refractivity contribution in [3.05, 3.63) is 41.5 Å². The largest absolute Gasteiger partial charge is 0.292 e. The summed E-state index contributed by atoms with van der Waals surface area (Å²) in [6, 6.07) is 7.36. The zero-order valence-corrected chi connectivity index (χ0v) is 7.95. The van der Waals surface area contributed by atoms with Crippen LogP contribution in [0.1, 0.15) is 15.9 Å². The van der Waals surface area contributed by atoms with Crippen LogP contribution in [0.5, 0.6) is 0 Å². The molecule has 0 aromatic heterocycles. The number of carbonyl (C=O) groups is 1. The Morgan fingerprint density at radius 3 is 2.86 bits per heavy atom. The van der Waals surface area contributed by atoms with E-state index >= 15 is 0 Å². The third-order valence-electron chi connectivity index (χ3n) is 2.28. The predicted octanol–water partition coefficient (Wildman–Crippen LogP) is 0.989. The molecule has 72 valence electrons. The van der Waals surface area contributed by atoms with E-state index in [9.17, 15) is 4.79 Å². The van der Waals surface area contributed by atoms with Crippen molar-refractivity contribution >= 4 is 11.9 Å². The number of carbonyl (C=O) groups excluding carboxylic acids is 1. The van der Waals surface area contributed by atoms with Crippen LogP contribution in [-0.2, 0) is 0 Å². The van der Waals surface area contributed by atoms with Crippen LogP contribution < -0.4 is 10.9 Å². The fraction of sp³-hybridized carbons (Fsp3) is 0.182. The molecule has 1 aromatic rings. The van der Waals surface area contributed by atoms with Crippen molar-refractivity contribution in [3.8, 4) is 0 Å². The van der Waals surface area contributed by atoms with Crippen LogP contribution in [0.2, 0.25) is 0 Å². The summed E-state index contributed by atoms with van der Waals surface area (Å²) in [5.41, 5.74) is 7.44. The smallest absolute Gasteiger partial charge is 0.185 e. The lowest BCUT2D eigenvalue weighted by Crippen LogP contribution is -2.43. The molecule has 0 saturated heterocycles. The standard InChI is InChI=1S/C11H12N2O/c1-12-13-10-7-6-8-4-2-3-5-9(8)11(10)14/h2-7,10,12-13H,1H3. The van der Waals surface area contributed by atoms with E-state index in [1.54, 1.807) is 7.05 Å². The maximum atomic E-state index is 11.9. The van der Waals surface area contributed by atoms with E-state index in [-0.39, 0.29) is 11.8 Å². The molecule has 0 radical (unpaired) electrons. The van der Waals surface area contributed by atoms with Gasteiger partial charge in [-0.2, -0.15) is 0 Å². The first-order chi connectivity index (χ1) is 6.83. The van der Waals surface area contributed by atoms with Gasteiger partial charge in [-0.1, -0.05) is 36.4 Å². The molecule has 2 rings (SSSR count). The average Bonchev–Trinajstić information content (AvgIpc) is 2.23. The van der Waals surface area contributed by atoms with Crippen molar-refractivity contribution < 1.29 is 4.79 Å². The maximum absolute atomic E-state index is 11.9. The summed E-state index contributed by atoms with van der Waals surface area (Å²) in [5.74, 6) is 0.109. The lowest BCUT2D eigenvalue weighted by atomic mass is 9.93. The van der Waals surface area contributed by atoms with Crippen LogP contribution in [-0.4, -0.2) is 18.9 Å². The molecular formula is C11H12N2O. The molecule has 1 unspecified atom stereocenters. The minimum Gasteiger partial charge on any atom is -0.292 e. The molecule has 1 aliphatic carbocycles. The molecule has 0 fully saturated rings. The van der Waals surface area contributed by atoms with Crippen molar-refractivity contribution in [2.75, 3.05) is 7.05 Å². The van der Waals surface area contributed by atoms with Gasteiger partial charge in [0, 0.05) is 5.56 Å². The van der Waals surface area contributed by atoms with Crippen molar-refractivity contribution in [1.29, 1.82) is 0 Å². The highest BCUT2D eigenvalue weighted by molar-refractivity contribution is 6.06. The molecule has 0 spiro atoms. The van der Waals surface area contributed by atoms with E-state index in [2.05, 4.69) is 10.9 Å². The van der Waals surface area contributed by atoms with Crippen LogP contribution in [0, 0.1) is 0 Å². The summed E-state index contributed by atoms with van der Waals surface area (Å²) in [6.45, 7) is 0. The van der Waals surface area contributed by atoms with Gasteiger partial charge in [-0.15, -0.1) is 0 Å². The number of hydrogen-bond donors (Lipinski definition) is 2. The van der Waals surface area contributed by atoms with Crippen molar-refractivity contribution in [2.24, 2.45) is 0 Å². The number of ketones is 1. The Labute approximate surface area is 82.8 Å². The summed E-state index contributed by atoms with van der Waals surface area (Å²) in [7, 11) is 1.75. The van der Waals surface area contributed by atoms with Crippen molar-refractivity contribution in [3.63, 3.8) is 0 Å². The fourth-order valence-corrected chi connectivity index (χ4v) is 1.59. The molecule has 2 N–H and O–H groups in total. The monoisotopic (exact) mass is 188 g/mol. The molecule has 1 aliphatic rings. The molecule has 0 bridgehead atoms. The molecule has 0 heterocycles. The third kappa shape index (κ3) is 1.47. The highest BCUT2D eigenvalue weighted by Crippen LogP contribution is 2.18. The second-order valence-electron chi connectivity index (χ2n) is 3.18. The summed E-state index contributed by atoms with van der Waals surface area (Å²) in [5, 5.41) is 0. The molecule has 14 heavy (non-hydrogen) atoms. The Kier molecular flexibility index (Phi) is 2.43. The molecule has 1 atom stereocenters. The second kappa shape index (κ2) is 3.74. The molecule has 1 aromatic carbocycles. The molecular weight excluding hydrogens is 176 g/mol. The molecule has 3 heteroatoms. The lowest BCUT2D eigenvalue weighted by Gasteiger charge is -2.18. The van der Waals surface area contributed by atoms with Gasteiger partial charge in [0.2, 0.25) is 0 Å². The van der Waals surface area contributed by atoms with Gasteiger partial charge in [-0.25, -0.2) is 5.43 Å². The Bertz CT molecular complexity index is 385. The zero-order chi connectivity index (χ0) is 9.97. The number of rotatable bonds is 2. The number of benzene rings is 1. The van der Waals surface area contributed by atoms with Gasteiger partial charge in [-0.3, -0.25) is 10.2 Å². The normalized spacial score (nSPS) is 19.5. The molecule has 0 aliphatic heterocycles. The average molecular weight is 188 g/mol. The summed E-state index contributed by atoms with van der Waals surface area (Å²) in [6.07, 6.45) is 3.83. The fourth-order valence-electron chi connectivity index (χ4n) is 1.59. The predicted molar refractivity (Wildman–Crippen MR) is 55.8 cm³/mol. The van der Waals surface area contributed by atoms with Crippen LogP contribution in [0.3, 0.4) is 0 Å². The van der Waals surface area contributed by atoms with Gasteiger partial charge in [0.1, 0.15) is 6.04 Å². The number of nitrogens with one attached hydrogen (secondary N) is 2. The van der Waals surface area contributed by atoms with E-state index in [4.69, 9.17) is 0 Å². The van der Waals surface area contributed by atoms with E-state index in [0.717, 1.165) is 11.1 Å². The van der Waals surface area contributed by atoms with E-state index in [0.29, 0.717) is 0 Å². The molecule has 0 amide bonds. The number of hydrogen-bond acceptors (Lipinski definition) is 3. The SMILES string of the molecule is CNNC1C=Cc2ccccc2C1=O. The Balaban J connectivity index is 2.35. The van der Waals surface area contributed by atoms with Gasteiger partial charge >= 0.3 is 0 Å². The van der Waals surface area contributed by atoms with Gasteiger partial charge in [0.05, 0.1) is 0 Å². The van der Waals surface area contributed by atoms with Gasteiger partial charge in [-0.05, 0) is 12.6 Å². The number of hydrazine groups is 1. The van der Waals surface area contributed by atoms with E-state index in [1.165, 1.54) is 0 Å². The van der Waals surface area contributed by atoms with Gasteiger partial charge in [0.25, 0.3) is 0 Å². The van der Waals surface area contributed by atoms with Gasteiger partial charge in [0.15, 0.2) is 5.78 Å². The molecule has 0 saturated carbocycles. The van der Waals surface area contributed by atoms with Gasteiger partial charge < -0.3 is 0 Å². The topological polar surface area (TPSA) is 41.1 Å². The first-order valence-electron chi connectivity index (χ1n) is 4.56. The van der Waals surface area contributed by atoms with Crippen LogP contribution in [0.25, 0.3) is 6.08 Å². The van der Waals surface area contributed by atoms with Crippen molar-refractivity contribution in [2.45, 2.75) is 6.04 Å². The quantitative estimate of drug-likeness (QED) is 0.680. The minimum absolute atomic E-state index is 0.109. The maximum Gasteiger partial charge on any atom is 0.185 e. The number of Topliss-reactive ketones (excluding diaryl/α,β-unsaturated/α-hetero) is 1. The first-order valence-corrected chi connectivity index (χ1v) is 4.56. The Morgan fingerprint density at radius 2 is 2.07 bits per heavy atom. The van der Waals surface area contributed by atoms with E-state index < -0.39 is 0 Å². The van der Waals surface area contributed by atoms with Crippen LogP contribution >= 0.6 is 0 Å². The number of fused-ring (bicyclic) bond motifs is 1. The lowest BCUT2D eigenvalue weighted by molar-refractivity contribution is 0.0956. The van der Waals surface area contributed by atoms with Crippen LogP contribution in [0.15, 0.2) is 30.3 Å². The zero-order valence-electron chi connectivity index (χ0n) is 7.95. The highest BCUT2D eigenvalue weighted by atomic mass is 16.1. The molecule has 3 nitrogen and oxygen atoms in total. The first kappa shape index (κ1) is 9.12. The summed E-state index contributed by atoms with van der Waals surface area (Å²) < 4.78 is 0. The van der Waals surface area contributed by atoms with Crippen molar-refractivity contribution in [1.82, 2.24) is 10.9 Å². The Morgan fingerprint density at radius 1 is 1.29 bits per heavy atom. The van der Waals surface area contributed by atoms with E-state index in [1.807, 2.05) is 36.4 Å². The van der Waals surface area contributed by atoms with Crippen LogP contribution in [0.4, 0.5) is 0 Å². The summed E-state index contributed by atoms with van der Waals surface area (Å²) >= 11 is 0. The second-order valence-corrected chi connectivity index (χ2v) is 3.18. The highest BCUT2D eigenvalue weighted by Gasteiger charge is 2.21. The third-order valence-corrected chi connectivity index (χ3v) is 2.28. The summed E-state index contributed by atoms with van der Waals surface area (Å²) in [4.78, 5) is 11.9. The minimum atomic E-state index is -0.255. The Hall–Kier alpha value is -1.45.